The van der Waals surface area contributed by atoms with Crippen molar-refractivity contribution in [3.05, 3.63) is 141 Å². The van der Waals surface area contributed by atoms with E-state index >= 15 is 0 Å². The lowest BCUT2D eigenvalue weighted by Crippen LogP contribution is -2.45. The van der Waals surface area contributed by atoms with E-state index in [0.717, 1.165) is 11.3 Å². The lowest BCUT2D eigenvalue weighted by atomic mass is 10.2. The number of fused-ring (bicyclic) bond motifs is 1. The molecule has 36 heavy (non-hydrogen) atoms. The molecule has 0 aliphatic heterocycles. The van der Waals surface area contributed by atoms with Crippen molar-refractivity contribution in [3.8, 4) is 11.4 Å². The number of anilines is 1. The Labute approximate surface area is 207 Å². The third-order valence-electron chi connectivity index (χ3n) is 5.85. The van der Waals surface area contributed by atoms with Gasteiger partial charge in [0.15, 0.2) is 0 Å². The number of ether oxygens (including phenoxy) is 1. The molecule has 0 unspecified atom stereocenters. The van der Waals surface area contributed by atoms with E-state index in [1.807, 2.05) is 109 Å². The van der Waals surface area contributed by atoms with Crippen LogP contribution in [0.1, 0.15) is 5.56 Å². The SMILES string of the molecule is COc1ccc(Cn2c(=O)/c(=N\Nc3ccccc3)c(=O)n(-c3ccccc3)c3ccccc32)cc1. The molecule has 5 aromatic rings. The normalized spacial score (nSPS) is 11.4. The molecular formula is C29H24N4O3. The number of nitrogens with zero attached hydrogens (tertiary/aromatic N) is 3. The molecule has 0 radical (unpaired) electrons. The van der Waals surface area contributed by atoms with E-state index in [1.54, 1.807) is 11.7 Å². The topological polar surface area (TPSA) is 77.6 Å². The van der Waals surface area contributed by atoms with Crippen molar-refractivity contribution in [1.82, 2.24) is 9.13 Å². The number of nitrogens with one attached hydrogen (secondary N) is 1. The van der Waals surface area contributed by atoms with Gasteiger partial charge in [0.25, 0.3) is 11.1 Å². The van der Waals surface area contributed by atoms with E-state index in [4.69, 9.17) is 4.74 Å². The zero-order valence-electron chi connectivity index (χ0n) is 19.7. The van der Waals surface area contributed by atoms with Gasteiger partial charge in [-0.2, -0.15) is 5.10 Å². The minimum Gasteiger partial charge on any atom is -0.497 e. The Morgan fingerprint density at radius 1 is 0.722 bits per heavy atom. The molecule has 0 fully saturated rings. The molecule has 0 bridgehead atoms. The van der Waals surface area contributed by atoms with Gasteiger partial charge in [0.1, 0.15) is 5.75 Å². The molecule has 0 spiro atoms. The molecule has 0 atom stereocenters. The molecule has 7 nitrogen and oxygen atoms in total. The summed E-state index contributed by atoms with van der Waals surface area (Å²) in [7, 11) is 1.61. The highest BCUT2D eigenvalue weighted by atomic mass is 16.5. The second-order valence-electron chi connectivity index (χ2n) is 8.14. The first-order chi connectivity index (χ1) is 17.7. The molecule has 178 valence electrons. The highest BCUT2D eigenvalue weighted by molar-refractivity contribution is 5.76. The van der Waals surface area contributed by atoms with Crippen LogP contribution in [0.25, 0.3) is 16.7 Å². The smallest absolute Gasteiger partial charge is 0.289 e. The van der Waals surface area contributed by atoms with E-state index < -0.39 is 11.1 Å². The van der Waals surface area contributed by atoms with Crippen molar-refractivity contribution in [2.45, 2.75) is 6.54 Å². The van der Waals surface area contributed by atoms with Gasteiger partial charge in [-0.15, -0.1) is 0 Å². The van der Waals surface area contributed by atoms with Crippen LogP contribution in [0, 0.1) is 0 Å². The predicted molar refractivity (Wildman–Crippen MR) is 142 cm³/mol. The number of hydrogen-bond donors (Lipinski definition) is 1. The van der Waals surface area contributed by atoms with Gasteiger partial charge >= 0.3 is 0 Å². The zero-order valence-corrected chi connectivity index (χ0v) is 19.7. The molecule has 7 heteroatoms. The van der Waals surface area contributed by atoms with E-state index in [1.165, 1.54) is 4.57 Å². The molecule has 0 saturated heterocycles. The number of benzene rings is 4. The van der Waals surface area contributed by atoms with Gasteiger partial charge in [-0.25, -0.2) is 0 Å². The summed E-state index contributed by atoms with van der Waals surface area (Å²) in [6.07, 6.45) is 0. The fourth-order valence-electron chi connectivity index (χ4n) is 4.06. The van der Waals surface area contributed by atoms with Crippen molar-refractivity contribution >= 4 is 16.7 Å². The van der Waals surface area contributed by atoms with E-state index in [0.29, 0.717) is 22.4 Å². The molecule has 1 heterocycles. The predicted octanol–water partition coefficient (Wildman–Crippen LogP) is 4.14. The minimum atomic E-state index is -0.515. The molecular weight excluding hydrogens is 452 g/mol. The summed E-state index contributed by atoms with van der Waals surface area (Å²) < 4.78 is 8.39. The number of rotatable bonds is 6. The van der Waals surface area contributed by atoms with Gasteiger partial charge in [-0.3, -0.25) is 19.6 Å². The van der Waals surface area contributed by atoms with Crippen LogP contribution in [0.5, 0.6) is 5.75 Å². The number of aromatic nitrogens is 2. The molecule has 1 N–H and O–H groups in total. The number of para-hydroxylation sites is 4. The summed E-state index contributed by atoms with van der Waals surface area (Å²) >= 11 is 0. The molecule has 1 aromatic heterocycles. The molecule has 0 saturated carbocycles. The maximum Gasteiger partial charge on any atom is 0.289 e. The molecule has 0 amide bonds. The maximum atomic E-state index is 13.9. The largest absolute Gasteiger partial charge is 0.497 e. The van der Waals surface area contributed by atoms with Crippen LogP contribution in [0.3, 0.4) is 0 Å². The second kappa shape index (κ2) is 10.1. The first-order valence-electron chi connectivity index (χ1n) is 11.5. The summed E-state index contributed by atoms with van der Waals surface area (Å²) in [5.74, 6) is 0.723. The Morgan fingerprint density at radius 3 is 2.00 bits per heavy atom. The number of hydrogen-bond acceptors (Lipinski definition) is 5. The summed E-state index contributed by atoms with van der Waals surface area (Å²) in [5, 5.41) is 4.10. The summed E-state index contributed by atoms with van der Waals surface area (Å²) in [6, 6.07) is 33.3. The highest BCUT2D eigenvalue weighted by Gasteiger charge is 2.14. The third-order valence-corrected chi connectivity index (χ3v) is 5.85. The van der Waals surface area contributed by atoms with Crippen LogP contribution in [0.4, 0.5) is 5.69 Å². The Hall–Kier alpha value is -4.91. The van der Waals surface area contributed by atoms with Crippen molar-refractivity contribution in [3.63, 3.8) is 0 Å². The van der Waals surface area contributed by atoms with Crippen LogP contribution >= 0.6 is 0 Å². The Balaban J connectivity index is 1.84. The fourth-order valence-corrected chi connectivity index (χ4v) is 4.06. The van der Waals surface area contributed by atoms with E-state index in [-0.39, 0.29) is 11.9 Å². The lowest BCUT2D eigenvalue weighted by Gasteiger charge is -2.10. The van der Waals surface area contributed by atoms with Gasteiger partial charge < -0.3 is 9.30 Å². The van der Waals surface area contributed by atoms with Crippen LogP contribution in [0.2, 0.25) is 0 Å². The summed E-state index contributed by atoms with van der Waals surface area (Å²) in [5.41, 5.74) is 5.27. The summed E-state index contributed by atoms with van der Waals surface area (Å²) in [4.78, 5) is 27.8. The molecule has 0 aliphatic rings. The minimum absolute atomic E-state index is 0.215. The molecule has 5 rings (SSSR count). The summed E-state index contributed by atoms with van der Waals surface area (Å²) in [6.45, 7) is 0.250. The van der Waals surface area contributed by atoms with Crippen molar-refractivity contribution in [1.29, 1.82) is 0 Å². The average molecular weight is 477 g/mol. The average Bonchev–Trinajstić information content (AvgIpc) is 3.01. The van der Waals surface area contributed by atoms with Crippen LogP contribution in [0.15, 0.2) is 124 Å². The van der Waals surface area contributed by atoms with Gasteiger partial charge in [0, 0.05) is 5.69 Å². The standard InChI is InChI=1S/C29H24N4O3/c1-36-24-18-16-21(17-19-24)20-32-25-14-8-9-15-26(25)33(23-12-6-3-7-13-23)29(35)27(28(32)34)31-30-22-10-4-2-5-11-22/h2-19,30H,20H2,1H3/b31-27+. The number of methoxy groups -OCH3 is 1. The van der Waals surface area contributed by atoms with Gasteiger partial charge in [-0.1, -0.05) is 60.7 Å². The van der Waals surface area contributed by atoms with Crippen LogP contribution in [-0.2, 0) is 6.54 Å². The van der Waals surface area contributed by atoms with Crippen LogP contribution < -0.4 is 26.6 Å². The zero-order chi connectivity index (χ0) is 24.9. The Morgan fingerprint density at radius 2 is 1.33 bits per heavy atom. The molecule has 4 aromatic carbocycles. The van der Waals surface area contributed by atoms with Crippen molar-refractivity contribution in [2.75, 3.05) is 12.5 Å². The van der Waals surface area contributed by atoms with E-state index in [2.05, 4.69) is 10.5 Å². The third kappa shape index (κ3) is 4.54. The molecule has 0 aliphatic carbocycles. The van der Waals surface area contributed by atoms with Crippen molar-refractivity contribution in [2.24, 2.45) is 5.10 Å². The first-order valence-corrected chi connectivity index (χ1v) is 11.5. The maximum absolute atomic E-state index is 13.9. The van der Waals surface area contributed by atoms with Crippen LogP contribution in [-0.4, -0.2) is 16.2 Å². The van der Waals surface area contributed by atoms with Crippen molar-refractivity contribution < 1.29 is 4.74 Å². The van der Waals surface area contributed by atoms with Gasteiger partial charge in [0.2, 0.25) is 5.36 Å². The monoisotopic (exact) mass is 476 g/mol. The Bertz CT molecular complexity index is 1690. The Kier molecular flexibility index (Phi) is 6.44. The van der Waals surface area contributed by atoms with Gasteiger partial charge in [-0.05, 0) is 54.1 Å². The highest BCUT2D eigenvalue weighted by Crippen LogP contribution is 2.17. The van der Waals surface area contributed by atoms with E-state index in [9.17, 15) is 9.59 Å². The second-order valence-corrected chi connectivity index (χ2v) is 8.14. The van der Waals surface area contributed by atoms with Gasteiger partial charge in [0.05, 0.1) is 30.4 Å². The fraction of sp³-hybridized carbons (Fsp3) is 0.0690. The first kappa shape index (κ1) is 22.9. The lowest BCUT2D eigenvalue weighted by molar-refractivity contribution is 0.414. The quantitative estimate of drug-likeness (QED) is 0.374.